The summed E-state index contributed by atoms with van der Waals surface area (Å²) in [5.74, 6) is 0.777. The Labute approximate surface area is 165 Å². The van der Waals surface area contributed by atoms with Gasteiger partial charge in [-0.3, -0.25) is 4.79 Å². The standard InChI is InChI=1S/C22H25N5O/c1-14(2)16-9-11-17(12-10-16)20-19(15(3)25-22-23-13-24-27(20)22)21(28)26-18-7-5-4-6-8-18/h4-15,19-20H,1-3H3,(H,26,28)(H,23,24,25)/t15-,19-,20+/m0/s1. The van der Waals surface area contributed by atoms with Crippen LogP contribution in [-0.4, -0.2) is 26.7 Å². The van der Waals surface area contributed by atoms with Gasteiger partial charge in [-0.1, -0.05) is 56.3 Å². The van der Waals surface area contributed by atoms with Crippen molar-refractivity contribution < 1.29 is 4.79 Å². The highest BCUT2D eigenvalue weighted by atomic mass is 16.2. The number of nitrogens with one attached hydrogen (secondary N) is 2. The first-order valence-electron chi connectivity index (χ1n) is 9.66. The molecule has 0 saturated carbocycles. The minimum Gasteiger partial charge on any atom is -0.351 e. The number of nitrogens with zero attached hydrogens (tertiary/aromatic N) is 3. The molecule has 6 heteroatoms. The largest absolute Gasteiger partial charge is 0.351 e. The lowest BCUT2D eigenvalue weighted by Crippen LogP contribution is -2.46. The fraction of sp³-hybridized carbons (Fsp3) is 0.318. The molecule has 28 heavy (non-hydrogen) atoms. The van der Waals surface area contributed by atoms with Crippen LogP contribution in [0.5, 0.6) is 0 Å². The Hall–Kier alpha value is -3.15. The molecule has 0 spiro atoms. The van der Waals surface area contributed by atoms with Gasteiger partial charge in [0.15, 0.2) is 0 Å². The minimum absolute atomic E-state index is 0.0368. The van der Waals surface area contributed by atoms with Gasteiger partial charge in [0.25, 0.3) is 0 Å². The average Bonchev–Trinajstić information content (AvgIpc) is 3.15. The molecule has 0 saturated heterocycles. The molecule has 0 unspecified atom stereocenters. The van der Waals surface area contributed by atoms with Gasteiger partial charge < -0.3 is 10.6 Å². The molecule has 1 aliphatic heterocycles. The molecular formula is C22H25N5O. The molecule has 2 N–H and O–H groups in total. The van der Waals surface area contributed by atoms with E-state index in [0.717, 1.165) is 11.3 Å². The van der Waals surface area contributed by atoms with Crippen molar-refractivity contribution in [1.29, 1.82) is 0 Å². The Morgan fingerprint density at radius 2 is 1.82 bits per heavy atom. The van der Waals surface area contributed by atoms with Gasteiger partial charge in [0.2, 0.25) is 11.9 Å². The molecular weight excluding hydrogens is 350 g/mol. The van der Waals surface area contributed by atoms with Gasteiger partial charge in [0, 0.05) is 11.7 Å². The number of aromatic nitrogens is 3. The van der Waals surface area contributed by atoms with Crippen LogP contribution in [0.2, 0.25) is 0 Å². The number of carbonyl (C=O) groups is 1. The first-order chi connectivity index (χ1) is 13.5. The zero-order chi connectivity index (χ0) is 19.7. The second-order valence-electron chi connectivity index (χ2n) is 7.61. The van der Waals surface area contributed by atoms with Crippen molar-refractivity contribution >= 4 is 17.5 Å². The van der Waals surface area contributed by atoms with Crippen molar-refractivity contribution in [3.63, 3.8) is 0 Å². The molecule has 6 nitrogen and oxygen atoms in total. The van der Waals surface area contributed by atoms with Crippen LogP contribution in [0.15, 0.2) is 60.9 Å². The summed E-state index contributed by atoms with van der Waals surface area (Å²) in [4.78, 5) is 17.6. The number of benzene rings is 2. The summed E-state index contributed by atoms with van der Waals surface area (Å²) in [7, 11) is 0. The molecule has 144 valence electrons. The van der Waals surface area contributed by atoms with E-state index in [1.807, 2.05) is 41.9 Å². The molecule has 3 aromatic rings. The predicted molar refractivity (Wildman–Crippen MR) is 110 cm³/mol. The van der Waals surface area contributed by atoms with Crippen molar-refractivity contribution in [1.82, 2.24) is 14.8 Å². The van der Waals surface area contributed by atoms with Gasteiger partial charge in [-0.2, -0.15) is 10.1 Å². The van der Waals surface area contributed by atoms with E-state index in [1.54, 1.807) is 0 Å². The Morgan fingerprint density at radius 3 is 2.50 bits per heavy atom. The lowest BCUT2D eigenvalue weighted by Gasteiger charge is -2.37. The quantitative estimate of drug-likeness (QED) is 0.721. The van der Waals surface area contributed by atoms with Crippen LogP contribution in [0.3, 0.4) is 0 Å². The average molecular weight is 375 g/mol. The molecule has 0 fully saturated rings. The molecule has 0 bridgehead atoms. The number of carbonyl (C=O) groups excluding carboxylic acids is 1. The van der Waals surface area contributed by atoms with E-state index in [0.29, 0.717) is 11.9 Å². The predicted octanol–water partition coefficient (Wildman–Crippen LogP) is 4.06. The van der Waals surface area contributed by atoms with Crippen molar-refractivity contribution in [2.45, 2.75) is 38.8 Å². The Balaban J connectivity index is 1.71. The third kappa shape index (κ3) is 3.38. The Kier molecular flexibility index (Phi) is 4.86. The molecule has 0 aliphatic carbocycles. The fourth-order valence-corrected chi connectivity index (χ4v) is 3.82. The van der Waals surface area contributed by atoms with Gasteiger partial charge in [-0.25, -0.2) is 4.68 Å². The Morgan fingerprint density at radius 1 is 1.11 bits per heavy atom. The lowest BCUT2D eigenvalue weighted by atomic mass is 9.84. The van der Waals surface area contributed by atoms with Gasteiger partial charge in [0.1, 0.15) is 6.33 Å². The summed E-state index contributed by atoms with van der Waals surface area (Å²) < 4.78 is 1.82. The van der Waals surface area contributed by atoms with Crippen LogP contribution in [-0.2, 0) is 4.79 Å². The fourth-order valence-electron chi connectivity index (χ4n) is 3.82. The van der Waals surface area contributed by atoms with E-state index >= 15 is 0 Å². The van der Waals surface area contributed by atoms with Crippen LogP contribution in [0.4, 0.5) is 11.6 Å². The summed E-state index contributed by atoms with van der Waals surface area (Å²) in [5, 5.41) is 10.8. The summed E-state index contributed by atoms with van der Waals surface area (Å²) in [6.07, 6.45) is 1.53. The number of hydrogen-bond acceptors (Lipinski definition) is 4. The topological polar surface area (TPSA) is 71.8 Å². The molecule has 1 aromatic heterocycles. The van der Waals surface area contributed by atoms with E-state index in [2.05, 4.69) is 58.8 Å². The zero-order valence-electron chi connectivity index (χ0n) is 16.3. The Bertz CT molecular complexity index is 949. The van der Waals surface area contributed by atoms with E-state index in [1.165, 1.54) is 11.9 Å². The van der Waals surface area contributed by atoms with E-state index < -0.39 is 0 Å². The third-order valence-electron chi connectivity index (χ3n) is 5.36. The lowest BCUT2D eigenvalue weighted by molar-refractivity contribution is -0.121. The number of para-hydroxylation sites is 1. The van der Waals surface area contributed by atoms with E-state index in [9.17, 15) is 4.79 Å². The number of anilines is 2. The maximum Gasteiger partial charge on any atom is 0.232 e. The van der Waals surface area contributed by atoms with Gasteiger partial charge in [-0.15, -0.1) is 0 Å². The van der Waals surface area contributed by atoms with Crippen molar-refractivity contribution in [2.24, 2.45) is 5.92 Å². The summed E-state index contributed by atoms with van der Waals surface area (Å²) in [5.41, 5.74) is 3.12. The highest BCUT2D eigenvalue weighted by molar-refractivity contribution is 5.94. The van der Waals surface area contributed by atoms with Gasteiger partial charge in [0.05, 0.1) is 12.0 Å². The maximum atomic E-state index is 13.3. The molecule has 0 radical (unpaired) electrons. The van der Waals surface area contributed by atoms with E-state index in [-0.39, 0.29) is 23.9 Å². The van der Waals surface area contributed by atoms with Gasteiger partial charge >= 0.3 is 0 Å². The van der Waals surface area contributed by atoms with Crippen LogP contribution in [0.1, 0.15) is 43.9 Å². The third-order valence-corrected chi connectivity index (χ3v) is 5.36. The number of hydrogen-bond donors (Lipinski definition) is 2. The first kappa shape index (κ1) is 18.2. The number of fused-ring (bicyclic) bond motifs is 1. The maximum absolute atomic E-state index is 13.3. The number of amides is 1. The summed E-state index contributed by atoms with van der Waals surface area (Å²) >= 11 is 0. The summed E-state index contributed by atoms with van der Waals surface area (Å²) in [6.45, 7) is 6.36. The normalized spacial score (nSPS) is 21.1. The smallest absolute Gasteiger partial charge is 0.232 e. The summed E-state index contributed by atoms with van der Waals surface area (Å²) in [6, 6.07) is 17.7. The van der Waals surface area contributed by atoms with Crippen molar-refractivity contribution in [3.05, 3.63) is 72.1 Å². The highest BCUT2D eigenvalue weighted by Crippen LogP contribution is 2.36. The molecule has 2 heterocycles. The SMILES string of the molecule is CC(C)c1ccc([C@@H]2[C@@H](C(=O)Nc3ccccc3)[C@H](C)Nc3ncnn32)cc1. The van der Waals surface area contributed by atoms with E-state index in [4.69, 9.17) is 0 Å². The zero-order valence-corrected chi connectivity index (χ0v) is 16.3. The van der Waals surface area contributed by atoms with Crippen molar-refractivity contribution in [2.75, 3.05) is 10.6 Å². The first-order valence-corrected chi connectivity index (χ1v) is 9.66. The highest BCUT2D eigenvalue weighted by Gasteiger charge is 2.41. The molecule has 1 amide bonds. The monoisotopic (exact) mass is 375 g/mol. The molecule has 2 aromatic carbocycles. The number of rotatable bonds is 4. The minimum atomic E-state index is -0.334. The van der Waals surface area contributed by atoms with Gasteiger partial charge in [-0.05, 0) is 36.1 Å². The van der Waals surface area contributed by atoms with Crippen LogP contribution >= 0.6 is 0 Å². The second kappa shape index (κ2) is 7.46. The molecule has 3 atom stereocenters. The molecule has 1 aliphatic rings. The van der Waals surface area contributed by atoms with Crippen molar-refractivity contribution in [3.8, 4) is 0 Å². The second-order valence-corrected chi connectivity index (χ2v) is 7.61. The van der Waals surface area contributed by atoms with Crippen LogP contribution < -0.4 is 10.6 Å². The van der Waals surface area contributed by atoms with Crippen LogP contribution in [0.25, 0.3) is 0 Å². The molecule has 4 rings (SSSR count). The van der Waals surface area contributed by atoms with Crippen LogP contribution in [0, 0.1) is 5.92 Å².